The van der Waals surface area contributed by atoms with Gasteiger partial charge in [0.05, 0.1) is 19.6 Å². The van der Waals surface area contributed by atoms with Crippen molar-refractivity contribution in [2.24, 2.45) is 0 Å². The minimum Gasteiger partial charge on any atom is -0.466 e. The number of carbonyl (C=O) groups excluding carboxylic acids is 1. The Kier molecular flexibility index (Phi) is 3.95. The fourth-order valence-electron chi connectivity index (χ4n) is 1.92. The minimum absolute atomic E-state index is 0.0410. The Labute approximate surface area is 98.2 Å². The zero-order valence-electron chi connectivity index (χ0n) is 9.44. The SMILES string of the molecule is CCOC(=O)CC1OC2OC(CO)C(O)C2O1. The summed E-state index contributed by atoms with van der Waals surface area (Å²) in [6, 6.07) is 0. The van der Waals surface area contributed by atoms with Gasteiger partial charge in [-0.3, -0.25) is 4.79 Å². The smallest absolute Gasteiger partial charge is 0.310 e. The lowest BCUT2D eigenvalue weighted by Crippen LogP contribution is -2.34. The molecule has 0 amide bonds. The number of hydrogen-bond donors (Lipinski definition) is 2. The lowest BCUT2D eigenvalue weighted by molar-refractivity contribution is -0.183. The van der Waals surface area contributed by atoms with E-state index in [1.165, 1.54) is 0 Å². The summed E-state index contributed by atoms with van der Waals surface area (Å²) in [6.07, 6.45) is -3.85. The number of esters is 1. The minimum atomic E-state index is -0.947. The molecule has 0 bridgehead atoms. The standard InChI is InChI=1S/C10H16O7/c1-2-14-6(12)3-7-16-9-8(13)5(4-11)15-10(9)17-7/h5,7-11,13H,2-4H2,1H3. The van der Waals surface area contributed by atoms with E-state index in [1.807, 2.05) is 0 Å². The molecule has 2 heterocycles. The van der Waals surface area contributed by atoms with E-state index in [4.69, 9.17) is 24.1 Å². The molecular weight excluding hydrogens is 232 g/mol. The molecule has 0 aliphatic carbocycles. The average Bonchev–Trinajstić information content (AvgIpc) is 2.79. The Morgan fingerprint density at radius 3 is 2.71 bits per heavy atom. The van der Waals surface area contributed by atoms with Gasteiger partial charge in [0.2, 0.25) is 0 Å². The highest BCUT2D eigenvalue weighted by Gasteiger charge is 2.51. The van der Waals surface area contributed by atoms with Gasteiger partial charge in [0.15, 0.2) is 12.6 Å². The van der Waals surface area contributed by atoms with E-state index in [0.717, 1.165) is 0 Å². The highest BCUT2D eigenvalue weighted by Crippen LogP contribution is 2.33. The van der Waals surface area contributed by atoms with E-state index < -0.39 is 36.9 Å². The third kappa shape index (κ3) is 2.58. The van der Waals surface area contributed by atoms with Gasteiger partial charge in [-0.05, 0) is 6.92 Å². The maximum atomic E-state index is 11.2. The molecule has 5 unspecified atom stereocenters. The summed E-state index contributed by atoms with van der Waals surface area (Å²) >= 11 is 0. The van der Waals surface area contributed by atoms with Crippen molar-refractivity contribution in [2.45, 2.75) is 44.2 Å². The third-order valence-electron chi connectivity index (χ3n) is 2.71. The van der Waals surface area contributed by atoms with Gasteiger partial charge >= 0.3 is 5.97 Å². The molecule has 2 saturated heterocycles. The Balaban J connectivity index is 1.84. The first-order valence-electron chi connectivity index (χ1n) is 5.56. The summed E-state index contributed by atoms with van der Waals surface area (Å²) in [5, 5.41) is 18.6. The van der Waals surface area contributed by atoms with E-state index in [1.54, 1.807) is 6.92 Å². The quantitative estimate of drug-likeness (QED) is 0.601. The van der Waals surface area contributed by atoms with Gasteiger partial charge in [-0.25, -0.2) is 0 Å². The monoisotopic (exact) mass is 248 g/mol. The largest absolute Gasteiger partial charge is 0.466 e. The van der Waals surface area contributed by atoms with Gasteiger partial charge in [0.1, 0.15) is 18.3 Å². The first-order chi connectivity index (χ1) is 8.15. The molecule has 7 heteroatoms. The van der Waals surface area contributed by atoms with Crippen LogP contribution in [0.15, 0.2) is 0 Å². The van der Waals surface area contributed by atoms with E-state index in [9.17, 15) is 9.90 Å². The predicted molar refractivity (Wildman–Crippen MR) is 52.7 cm³/mol. The highest BCUT2D eigenvalue weighted by atomic mass is 16.8. The van der Waals surface area contributed by atoms with Crippen LogP contribution in [0.2, 0.25) is 0 Å². The summed E-state index contributed by atoms with van der Waals surface area (Å²) in [6.45, 7) is 1.70. The lowest BCUT2D eigenvalue weighted by atomic mass is 10.1. The van der Waals surface area contributed by atoms with Gasteiger partial charge < -0.3 is 29.2 Å². The molecule has 2 aliphatic heterocycles. The van der Waals surface area contributed by atoms with E-state index in [2.05, 4.69) is 0 Å². The van der Waals surface area contributed by atoms with E-state index in [0.29, 0.717) is 6.61 Å². The zero-order chi connectivity index (χ0) is 12.4. The number of aliphatic hydroxyl groups excluding tert-OH is 2. The Morgan fingerprint density at radius 2 is 2.12 bits per heavy atom. The summed E-state index contributed by atoms with van der Waals surface area (Å²) < 4.78 is 20.6. The number of ether oxygens (including phenoxy) is 4. The number of hydrogen-bond acceptors (Lipinski definition) is 7. The van der Waals surface area contributed by atoms with E-state index in [-0.39, 0.29) is 13.0 Å². The van der Waals surface area contributed by atoms with Gasteiger partial charge in [0.25, 0.3) is 0 Å². The van der Waals surface area contributed by atoms with Crippen molar-refractivity contribution in [1.82, 2.24) is 0 Å². The van der Waals surface area contributed by atoms with Gasteiger partial charge in [-0.15, -0.1) is 0 Å². The fraction of sp³-hybridized carbons (Fsp3) is 0.900. The molecule has 2 N–H and O–H groups in total. The van der Waals surface area contributed by atoms with Crippen LogP contribution in [-0.2, 0) is 23.7 Å². The molecular formula is C10H16O7. The molecule has 2 aliphatic rings. The van der Waals surface area contributed by atoms with Crippen LogP contribution in [-0.4, -0.2) is 60.3 Å². The van der Waals surface area contributed by atoms with Crippen LogP contribution >= 0.6 is 0 Å². The maximum absolute atomic E-state index is 11.2. The summed E-state index contributed by atoms with van der Waals surface area (Å²) in [7, 11) is 0. The van der Waals surface area contributed by atoms with E-state index >= 15 is 0 Å². The maximum Gasteiger partial charge on any atom is 0.310 e. The van der Waals surface area contributed by atoms with Crippen molar-refractivity contribution in [1.29, 1.82) is 0 Å². The predicted octanol–water partition coefficient (Wildman–Crippen LogP) is -1.24. The van der Waals surface area contributed by atoms with Crippen LogP contribution in [0.4, 0.5) is 0 Å². The van der Waals surface area contributed by atoms with Crippen molar-refractivity contribution in [3.63, 3.8) is 0 Å². The Morgan fingerprint density at radius 1 is 1.35 bits per heavy atom. The molecule has 0 aromatic heterocycles. The number of fused-ring (bicyclic) bond motifs is 1. The number of carbonyl (C=O) groups is 1. The molecule has 7 nitrogen and oxygen atoms in total. The zero-order valence-corrected chi connectivity index (χ0v) is 9.44. The number of rotatable bonds is 4. The molecule has 2 rings (SSSR count). The summed E-state index contributed by atoms with van der Waals surface area (Å²) in [4.78, 5) is 11.2. The molecule has 0 spiro atoms. The van der Waals surface area contributed by atoms with Crippen molar-refractivity contribution in [3.8, 4) is 0 Å². The highest BCUT2D eigenvalue weighted by molar-refractivity contribution is 5.69. The van der Waals surface area contributed by atoms with Gasteiger partial charge in [-0.1, -0.05) is 0 Å². The molecule has 5 atom stereocenters. The molecule has 2 fully saturated rings. The topological polar surface area (TPSA) is 94.5 Å². The number of aliphatic hydroxyl groups is 2. The average molecular weight is 248 g/mol. The van der Waals surface area contributed by atoms with Crippen molar-refractivity contribution < 1.29 is 34.0 Å². The lowest BCUT2D eigenvalue weighted by Gasteiger charge is -2.16. The summed E-state index contributed by atoms with van der Waals surface area (Å²) in [5.41, 5.74) is 0. The Bertz CT molecular complexity index is 282. The molecule has 17 heavy (non-hydrogen) atoms. The van der Waals surface area contributed by atoms with Gasteiger partial charge in [-0.2, -0.15) is 0 Å². The van der Waals surface area contributed by atoms with Crippen LogP contribution in [0.3, 0.4) is 0 Å². The van der Waals surface area contributed by atoms with Crippen LogP contribution in [0.25, 0.3) is 0 Å². The molecule has 0 saturated carbocycles. The second kappa shape index (κ2) is 5.28. The second-order valence-corrected chi connectivity index (χ2v) is 3.89. The van der Waals surface area contributed by atoms with Crippen LogP contribution in [0.5, 0.6) is 0 Å². The Hall–Kier alpha value is -0.730. The molecule has 0 aromatic rings. The normalized spacial score (nSPS) is 40.3. The summed E-state index contributed by atoms with van der Waals surface area (Å²) in [5.74, 6) is -0.425. The van der Waals surface area contributed by atoms with Crippen molar-refractivity contribution in [2.75, 3.05) is 13.2 Å². The fourth-order valence-corrected chi connectivity index (χ4v) is 1.92. The van der Waals surface area contributed by atoms with Crippen LogP contribution < -0.4 is 0 Å². The third-order valence-corrected chi connectivity index (χ3v) is 2.71. The van der Waals surface area contributed by atoms with Crippen molar-refractivity contribution >= 4 is 5.97 Å². The second-order valence-electron chi connectivity index (χ2n) is 3.89. The van der Waals surface area contributed by atoms with Gasteiger partial charge in [0, 0.05) is 0 Å². The first-order valence-corrected chi connectivity index (χ1v) is 5.56. The molecule has 0 aromatic carbocycles. The molecule has 0 radical (unpaired) electrons. The van der Waals surface area contributed by atoms with Crippen LogP contribution in [0.1, 0.15) is 13.3 Å². The van der Waals surface area contributed by atoms with Crippen LogP contribution in [0, 0.1) is 0 Å². The molecule has 98 valence electrons. The van der Waals surface area contributed by atoms with Crippen molar-refractivity contribution in [3.05, 3.63) is 0 Å². The first kappa shape index (κ1) is 12.7.